The Balaban J connectivity index is 2.74. The van der Waals surface area contributed by atoms with Gasteiger partial charge in [-0.25, -0.2) is 0 Å². The normalized spacial score (nSPS) is 10.7. The number of rotatable bonds is 4. The maximum absolute atomic E-state index is 12.1. The Bertz CT molecular complexity index is 387. The second-order valence-corrected chi connectivity index (χ2v) is 6.02. The Kier molecular flexibility index (Phi) is 5.62. The summed E-state index contributed by atoms with van der Waals surface area (Å²) in [6, 6.07) is 5.58. The summed E-state index contributed by atoms with van der Waals surface area (Å²) in [5.74, 6) is 0.0360. The number of hydrogen-bond acceptors (Lipinski definition) is 2. The summed E-state index contributed by atoms with van der Waals surface area (Å²) < 4.78 is 1.80. The first-order valence-electron chi connectivity index (χ1n) is 5.26. The molecule has 0 aliphatic carbocycles. The van der Waals surface area contributed by atoms with Gasteiger partial charge in [-0.05, 0) is 32.3 Å². The van der Waals surface area contributed by atoms with E-state index in [0.29, 0.717) is 5.56 Å². The van der Waals surface area contributed by atoms with E-state index in [9.17, 15) is 4.79 Å². The van der Waals surface area contributed by atoms with Gasteiger partial charge in [-0.15, -0.1) is 0 Å². The molecule has 1 rings (SSSR count). The zero-order chi connectivity index (χ0) is 13.0. The zero-order valence-corrected chi connectivity index (χ0v) is 13.4. The fourth-order valence-corrected chi connectivity index (χ4v) is 2.64. The highest BCUT2D eigenvalue weighted by Gasteiger charge is 2.12. The van der Waals surface area contributed by atoms with Crippen molar-refractivity contribution in [2.75, 3.05) is 34.2 Å². The van der Waals surface area contributed by atoms with Gasteiger partial charge in [0, 0.05) is 34.6 Å². The van der Waals surface area contributed by atoms with Gasteiger partial charge in [0.1, 0.15) is 0 Å². The van der Waals surface area contributed by atoms with Gasteiger partial charge >= 0.3 is 0 Å². The van der Waals surface area contributed by atoms with Crippen LogP contribution in [0.15, 0.2) is 27.1 Å². The highest BCUT2D eigenvalue weighted by Crippen LogP contribution is 2.20. The SMILES string of the molecule is CN(C)CCN(C)C(=O)c1cc(Br)cc(Br)c1. The molecular weight excluding hydrogens is 348 g/mol. The molecule has 0 heterocycles. The molecule has 0 radical (unpaired) electrons. The van der Waals surface area contributed by atoms with Crippen LogP contribution in [-0.2, 0) is 0 Å². The Morgan fingerprint density at radius 3 is 2.06 bits per heavy atom. The molecule has 0 aromatic heterocycles. The number of amides is 1. The number of likely N-dealkylation sites (N-methyl/N-ethyl adjacent to an activating group) is 2. The van der Waals surface area contributed by atoms with E-state index in [4.69, 9.17) is 0 Å². The van der Waals surface area contributed by atoms with Crippen molar-refractivity contribution in [3.63, 3.8) is 0 Å². The third kappa shape index (κ3) is 4.77. The molecule has 0 saturated carbocycles. The van der Waals surface area contributed by atoms with Crippen LogP contribution < -0.4 is 0 Å². The summed E-state index contributed by atoms with van der Waals surface area (Å²) in [4.78, 5) is 15.9. The van der Waals surface area contributed by atoms with E-state index in [0.717, 1.165) is 22.0 Å². The van der Waals surface area contributed by atoms with Gasteiger partial charge in [0.2, 0.25) is 0 Å². The lowest BCUT2D eigenvalue weighted by atomic mass is 10.2. The molecule has 1 aromatic carbocycles. The van der Waals surface area contributed by atoms with Gasteiger partial charge in [-0.1, -0.05) is 31.9 Å². The monoisotopic (exact) mass is 362 g/mol. The lowest BCUT2D eigenvalue weighted by Crippen LogP contribution is -2.33. The predicted octanol–water partition coefficient (Wildman–Crippen LogP) is 2.85. The number of nitrogens with zero attached hydrogens (tertiary/aromatic N) is 2. The van der Waals surface area contributed by atoms with Crippen molar-refractivity contribution in [2.24, 2.45) is 0 Å². The van der Waals surface area contributed by atoms with Crippen molar-refractivity contribution in [2.45, 2.75) is 0 Å². The standard InChI is InChI=1S/C12H16Br2N2O/c1-15(2)4-5-16(3)12(17)9-6-10(13)8-11(14)7-9/h6-8H,4-5H2,1-3H3. The van der Waals surface area contributed by atoms with Crippen LogP contribution in [0.2, 0.25) is 0 Å². The topological polar surface area (TPSA) is 23.6 Å². The van der Waals surface area contributed by atoms with Crippen LogP contribution in [-0.4, -0.2) is 49.9 Å². The lowest BCUT2D eigenvalue weighted by molar-refractivity contribution is 0.0786. The van der Waals surface area contributed by atoms with E-state index in [1.165, 1.54) is 0 Å². The molecule has 0 N–H and O–H groups in total. The van der Waals surface area contributed by atoms with Crippen molar-refractivity contribution in [3.05, 3.63) is 32.7 Å². The Labute approximate surface area is 119 Å². The Morgan fingerprint density at radius 1 is 1.06 bits per heavy atom. The quantitative estimate of drug-likeness (QED) is 0.821. The van der Waals surface area contributed by atoms with Gasteiger partial charge in [0.15, 0.2) is 0 Å². The molecule has 0 saturated heterocycles. The Morgan fingerprint density at radius 2 is 1.59 bits per heavy atom. The van der Waals surface area contributed by atoms with Gasteiger partial charge in [0.25, 0.3) is 5.91 Å². The lowest BCUT2D eigenvalue weighted by Gasteiger charge is -2.20. The van der Waals surface area contributed by atoms with Crippen molar-refractivity contribution < 1.29 is 4.79 Å². The van der Waals surface area contributed by atoms with Gasteiger partial charge < -0.3 is 9.80 Å². The number of hydrogen-bond donors (Lipinski definition) is 0. The van der Waals surface area contributed by atoms with Crippen LogP contribution in [0, 0.1) is 0 Å². The molecule has 0 unspecified atom stereocenters. The molecule has 94 valence electrons. The van der Waals surface area contributed by atoms with Gasteiger partial charge in [-0.3, -0.25) is 4.79 Å². The molecule has 1 amide bonds. The van der Waals surface area contributed by atoms with Crippen LogP contribution in [0.4, 0.5) is 0 Å². The van der Waals surface area contributed by atoms with E-state index >= 15 is 0 Å². The van der Waals surface area contributed by atoms with E-state index in [2.05, 4.69) is 36.8 Å². The van der Waals surface area contributed by atoms with E-state index in [-0.39, 0.29) is 5.91 Å². The summed E-state index contributed by atoms with van der Waals surface area (Å²) in [5, 5.41) is 0. The minimum atomic E-state index is 0.0360. The second kappa shape index (κ2) is 6.52. The first-order valence-corrected chi connectivity index (χ1v) is 6.85. The first kappa shape index (κ1) is 14.7. The number of benzene rings is 1. The van der Waals surface area contributed by atoms with Crippen molar-refractivity contribution >= 4 is 37.8 Å². The summed E-state index contributed by atoms with van der Waals surface area (Å²) in [5.41, 5.74) is 0.688. The summed E-state index contributed by atoms with van der Waals surface area (Å²) in [6.07, 6.45) is 0. The van der Waals surface area contributed by atoms with E-state index in [1.807, 2.05) is 39.3 Å². The molecular formula is C12H16Br2N2O. The van der Waals surface area contributed by atoms with Crippen LogP contribution in [0.5, 0.6) is 0 Å². The average Bonchev–Trinajstić information content (AvgIpc) is 2.23. The van der Waals surface area contributed by atoms with E-state index in [1.54, 1.807) is 4.90 Å². The van der Waals surface area contributed by atoms with Crippen molar-refractivity contribution in [1.29, 1.82) is 0 Å². The molecule has 0 aliphatic heterocycles. The van der Waals surface area contributed by atoms with Gasteiger partial charge in [0.05, 0.1) is 0 Å². The zero-order valence-electron chi connectivity index (χ0n) is 10.2. The summed E-state index contributed by atoms with van der Waals surface area (Å²) >= 11 is 6.77. The van der Waals surface area contributed by atoms with Crippen molar-refractivity contribution in [1.82, 2.24) is 9.80 Å². The first-order chi connectivity index (χ1) is 7.90. The maximum Gasteiger partial charge on any atom is 0.253 e. The molecule has 3 nitrogen and oxygen atoms in total. The second-order valence-electron chi connectivity index (χ2n) is 4.19. The molecule has 5 heteroatoms. The van der Waals surface area contributed by atoms with Gasteiger partial charge in [-0.2, -0.15) is 0 Å². The average molecular weight is 364 g/mol. The van der Waals surface area contributed by atoms with Crippen LogP contribution in [0.25, 0.3) is 0 Å². The largest absolute Gasteiger partial charge is 0.340 e. The maximum atomic E-state index is 12.1. The highest BCUT2D eigenvalue weighted by atomic mass is 79.9. The molecule has 0 bridgehead atoms. The van der Waals surface area contributed by atoms with Crippen LogP contribution in [0.3, 0.4) is 0 Å². The molecule has 0 fully saturated rings. The van der Waals surface area contributed by atoms with Crippen LogP contribution >= 0.6 is 31.9 Å². The minimum absolute atomic E-state index is 0.0360. The fraction of sp³-hybridized carbons (Fsp3) is 0.417. The molecule has 0 spiro atoms. The number of halogens is 2. The number of carbonyl (C=O) groups is 1. The smallest absolute Gasteiger partial charge is 0.253 e. The van der Waals surface area contributed by atoms with E-state index < -0.39 is 0 Å². The molecule has 1 aromatic rings. The third-order valence-electron chi connectivity index (χ3n) is 2.34. The third-order valence-corrected chi connectivity index (χ3v) is 3.25. The Hall–Kier alpha value is -0.390. The molecule has 0 aliphatic rings. The highest BCUT2D eigenvalue weighted by molar-refractivity contribution is 9.11. The number of carbonyl (C=O) groups excluding carboxylic acids is 1. The summed E-state index contributed by atoms with van der Waals surface area (Å²) in [6.45, 7) is 1.58. The molecule has 0 atom stereocenters. The molecule has 17 heavy (non-hydrogen) atoms. The summed E-state index contributed by atoms with van der Waals surface area (Å²) in [7, 11) is 5.81. The van der Waals surface area contributed by atoms with Crippen LogP contribution in [0.1, 0.15) is 10.4 Å². The fourth-order valence-electron chi connectivity index (χ4n) is 1.35. The minimum Gasteiger partial charge on any atom is -0.340 e. The van der Waals surface area contributed by atoms with Crippen molar-refractivity contribution in [3.8, 4) is 0 Å². The predicted molar refractivity (Wildman–Crippen MR) is 77.4 cm³/mol.